The molecule has 1 amide bonds. The second-order valence-electron chi connectivity index (χ2n) is 8.55. The molecule has 5 rings (SSSR count). The van der Waals surface area contributed by atoms with Crippen LogP contribution in [0.4, 0.5) is 0 Å². The highest BCUT2D eigenvalue weighted by molar-refractivity contribution is 9.10. The molecule has 0 bridgehead atoms. The van der Waals surface area contributed by atoms with Crippen LogP contribution in [-0.2, 0) is 6.54 Å². The highest BCUT2D eigenvalue weighted by Crippen LogP contribution is 2.30. The third kappa shape index (κ3) is 5.10. The van der Waals surface area contributed by atoms with E-state index < -0.39 is 6.04 Å². The molecular weight excluding hydrogens is 554 g/mol. The molecule has 2 aromatic heterocycles. The van der Waals surface area contributed by atoms with Gasteiger partial charge in [0, 0.05) is 15.1 Å². The van der Waals surface area contributed by atoms with Crippen molar-refractivity contribution in [3.8, 4) is 5.69 Å². The number of hydrogen-bond donors (Lipinski definition) is 0. The van der Waals surface area contributed by atoms with E-state index in [-0.39, 0.29) is 18.0 Å². The zero-order valence-corrected chi connectivity index (χ0v) is 22.3. The molecule has 0 N–H and O–H groups in total. The van der Waals surface area contributed by atoms with Crippen LogP contribution in [0.1, 0.15) is 41.3 Å². The summed E-state index contributed by atoms with van der Waals surface area (Å²) in [7, 11) is 0. The van der Waals surface area contributed by atoms with Crippen LogP contribution in [0.2, 0.25) is 5.02 Å². The van der Waals surface area contributed by atoms with E-state index in [1.165, 1.54) is 0 Å². The number of halogens is 2. The van der Waals surface area contributed by atoms with Crippen molar-refractivity contribution >= 4 is 44.3 Å². The number of carbonyl (C=O) groups is 1. The SMILES string of the molecule is CCC(c1nc2ccccc2c(=O)n1-c1ccc(Br)cc1)N(Cc1ccco1)C(=O)c1ccc(Cl)cc1. The zero-order valence-electron chi connectivity index (χ0n) is 20.0. The van der Waals surface area contributed by atoms with Crippen molar-refractivity contribution in [1.82, 2.24) is 14.5 Å². The molecule has 186 valence electrons. The largest absolute Gasteiger partial charge is 0.467 e. The van der Waals surface area contributed by atoms with Crippen molar-refractivity contribution in [2.75, 3.05) is 0 Å². The first-order valence-corrected chi connectivity index (χ1v) is 13.0. The summed E-state index contributed by atoms with van der Waals surface area (Å²) in [5.74, 6) is 0.881. The molecular formula is C29H23BrClN3O3. The number of benzene rings is 3. The summed E-state index contributed by atoms with van der Waals surface area (Å²) in [4.78, 5) is 34.4. The van der Waals surface area contributed by atoms with Gasteiger partial charge in [-0.2, -0.15) is 0 Å². The molecule has 0 saturated carbocycles. The average molecular weight is 577 g/mol. The van der Waals surface area contributed by atoms with Crippen molar-refractivity contribution in [3.63, 3.8) is 0 Å². The maximum atomic E-state index is 13.9. The van der Waals surface area contributed by atoms with Gasteiger partial charge < -0.3 is 9.32 Å². The Kier molecular flexibility index (Phi) is 7.26. The fourth-order valence-electron chi connectivity index (χ4n) is 4.41. The maximum Gasteiger partial charge on any atom is 0.266 e. The van der Waals surface area contributed by atoms with Crippen LogP contribution >= 0.6 is 27.5 Å². The Hall–Kier alpha value is -3.68. The molecule has 0 spiro atoms. The number of aromatic nitrogens is 2. The van der Waals surface area contributed by atoms with E-state index in [4.69, 9.17) is 21.0 Å². The number of amides is 1. The normalized spacial score (nSPS) is 12.0. The van der Waals surface area contributed by atoms with Crippen molar-refractivity contribution in [1.29, 1.82) is 0 Å². The third-order valence-corrected chi connectivity index (χ3v) is 6.99. The van der Waals surface area contributed by atoms with Crippen molar-refractivity contribution in [2.45, 2.75) is 25.9 Å². The van der Waals surface area contributed by atoms with E-state index >= 15 is 0 Å². The molecule has 3 aromatic carbocycles. The lowest BCUT2D eigenvalue weighted by atomic mass is 10.1. The first-order valence-electron chi connectivity index (χ1n) is 11.8. The Morgan fingerprint density at radius 3 is 2.43 bits per heavy atom. The lowest BCUT2D eigenvalue weighted by Crippen LogP contribution is -2.38. The molecule has 1 atom stereocenters. The first kappa shape index (κ1) is 25.0. The van der Waals surface area contributed by atoms with Gasteiger partial charge in [-0.15, -0.1) is 0 Å². The van der Waals surface area contributed by atoms with Crippen molar-refractivity contribution in [3.05, 3.63) is 128 Å². The van der Waals surface area contributed by atoms with Crippen LogP contribution in [0.25, 0.3) is 16.6 Å². The van der Waals surface area contributed by atoms with Gasteiger partial charge in [0.05, 0.1) is 35.4 Å². The number of rotatable bonds is 7. The number of hydrogen-bond acceptors (Lipinski definition) is 4. The lowest BCUT2D eigenvalue weighted by Gasteiger charge is -2.32. The predicted molar refractivity (Wildman–Crippen MR) is 148 cm³/mol. The third-order valence-electron chi connectivity index (χ3n) is 6.21. The van der Waals surface area contributed by atoms with Crippen LogP contribution in [0.3, 0.4) is 0 Å². The smallest absolute Gasteiger partial charge is 0.266 e. The quantitative estimate of drug-likeness (QED) is 0.206. The molecule has 0 saturated heterocycles. The fraction of sp³-hybridized carbons (Fsp3) is 0.138. The molecule has 5 aromatic rings. The van der Waals surface area contributed by atoms with Gasteiger partial charge in [0.25, 0.3) is 11.5 Å². The molecule has 8 heteroatoms. The van der Waals surface area contributed by atoms with E-state index in [1.807, 2.05) is 55.5 Å². The topological polar surface area (TPSA) is 68.3 Å². The number of nitrogens with zero attached hydrogens (tertiary/aromatic N) is 3. The van der Waals surface area contributed by atoms with E-state index in [9.17, 15) is 9.59 Å². The fourth-order valence-corrected chi connectivity index (χ4v) is 4.80. The van der Waals surface area contributed by atoms with Gasteiger partial charge in [0.2, 0.25) is 0 Å². The number of para-hydroxylation sites is 1. The van der Waals surface area contributed by atoms with Gasteiger partial charge >= 0.3 is 0 Å². The van der Waals surface area contributed by atoms with Crippen LogP contribution in [-0.4, -0.2) is 20.4 Å². The van der Waals surface area contributed by atoms with Gasteiger partial charge in [-0.25, -0.2) is 4.98 Å². The van der Waals surface area contributed by atoms with Gasteiger partial charge in [0.15, 0.2) is 0 Å². The summed E-state index contributed by atoms with van der Waals surface area (Å²) in [5, 5.41) is 1.05. The minimum absolute atomic E-state index is 0.196. The summed E-state index contributed by atoms with van der Waals surface area (Å²) in [6, 6.07) is 24.6. The standard InChI is InChI=1S/C29H23BrClN3O3/c1-2-26(33(18-23-6-5-17-37-23)28(35)19-9-13-21(31)14-10-19)27-32-25-8-4-3-7-24(25)29(36)34(27)22-15-11-20(30)12-16-22/h3-17,26H,2,18H2,1H3. The van der Waals surface area contributed by atoms with Gasteiger partial charge in [-0.3, -0.25) is 14.2 Å². The Labute approximate surface area is 227 Å². The zero-order chi connectivity index (χ0) is 25.9. The molecule has 0 radical (unpaired) electrons. The predicted octanol–water partition coefficient (Wildman–Crippen LogP) is 7.19. The van der Waals surface area contributed by atoms with Crippen LogP contribution in [0, 0.1) is 0 Å². The molecule has 37 heavy (non-hydrogen) atoms. The van der Waals surface area contributed by atoms with Gasteiger partial charge in [-0.05, 0) is 79.2 Å². The number of fused-ring (bicyclic) bond motifs is 1. The summed E-state index contributed by atoms with van der Waals surface area (Å²) in [6.45, 7) is 2.18. The summed E-state index contributed by atoms with van der Waals surface area (Å²) < 4.78 is 8.11. The Balaban J connectivity index is 1.72. The average Bonchev–Trinajstić information content (AvgIpc) is 3.43. The monoisotopic (exact) mass is 575 g/mol. The molecule has 6 nitrogen and oxygen atoms in total. The number of furan rings is 1. The Morgan fingerprint density at radius 2 is 1.76 bits per heavy atom. The van der Waals surface area contributed by atoms with Crippen molar-refractivity contribution in [2.24, 2.45) is 0 Å². The summed E-state index contributed by atoms with van der Waals surface area (Å²) in [5.41, 5.74) is 1.52. The van der Waals surface area contributed by atoms with E-state index in [0.717, 1.165) is 4.47 Å². The number of carbonyl (C=O) groups excluding carboxylic acids is 1. The van der Waals surface area contributed by atoms with Crippen LogP contribution in [0.5, 0.6) is 0 Å². The lowest BCUT2D eigenvalue weighted by molar-refractivity contribution is 0.0624. The van der Waals surface area contributed by atoms with Crippen LogP contribution < -0.4 is 5.56 Å². The highest BCUT2D eigenvalue weighted by Gasteiger charge is 2.30. The molecule has 0 aliphatic carbocycles. The second-order valence-corrected chi connectivity index (χ2v) is 9.90. The van der Waals surface area contributed by atoms with Gasteiger partial charge in [0.1, 0.15) is 11.6 Å². The molecule has 0 fully saturated rings. The highest BCUT2D eigenvalue weighted by atomic mass is 79.9. The van der Waals surface area contributed by atoms with E-state index in [0.29, 0.717) is 45.2 Å². The minimum atomic E-state index is -0.533. The molecule has 1 unspecified atom stereocenters. The molecule has 2 heterocycles. The maximum absolute atomic E-state index is 13.9. The van der Waals surface area contributed by atoms with Crippen LogP contribution in [0.15, 0.2) is 105 Å². The van der Waals surface area contributed by atoms with E-state index in [1.54, 1.807) is 52.1 Å². The Morgan fingerprint density at radius 1 is 1.03 bits per heavy atom. The Bertz CT molecular complexity index is 1600. The van der Waals surface area contributed by atoms with E-state index in [2.05, 4.69) is 15.9 Å². The molecule has 0 aliphatic heterocycles. The van der Waals surface area contributed by atoms with Crippen molar-refractivity contribution < 1.29 is 9.21 Å². The molecule has 0 aliphatic rings. The first-order chi connectivity index (χ1) is 18.0. The van der Waals surface area contributed by atoms with Gasteiger partial charge in [-0.1, -0.05) is 46.6 Å². The summed E-state index contributed by atoms with van der Waals surface area (Å²) >= 11 is 9.55. The second kappa shape index (κ2) is 10.7. The minimum Gasteiger partial charge on any atom is -0.467 e. The summed E-state index contributed by atoms with van der Waals surface area (Å²) in [6.07, 6.45) is 2.09.